The van der Waals surface area contributed by atoms with Gasteiger partial charge in [-0.1, -0.05) is 0 Å². The van der Waals surface area contributed by atoms with Gasteiger partial charge in [-0.25, -0.2) is 9.18 Å². The van der Waals surface area contributed by atoms with Crippen molar-refractivity contribution in [1.82, 2.24) is 6.15 Å². The molecule has 2 heterocycles. The first-order valence-electron chi connectivity index (χ1n) is 7.21. The van der Waals surface area contributed by atoms with Gasteiger partial charge in [0.1, 0.15) is 5.82 Å². The summed E-state index contributed by atoms with van der Waals surface area (Å²) in [6.45, 7) is 3.53. The van der Waals surface area contributed by atoms with Gasteiger partial charge in [0.25, 0.3) is 5.91 Å². The number of amides is 3. The lowest BCUT2D eigenvalue weighted by atomic mass is 10.1. The number of halogens is 1. The second kappa shape index (κ2) is 6.08. The standard InChI is InChI=1S/C15H16FN3O4.H3N/c1-7(2)19-12(20)4-8-3-9(5-10(16)13(8)19)18-6-11(14(17)21)23-15(18)22;/h3,5,7,11H,4,6H2,1-2H3,(H2,17,21);1H3/t11-;/m1./s1. The van der Waals surface area contributed by atoms with Crippen LogP contribution in [-0.4, -0.2) is 36.6 Å². The fraction of sp³-hybridized carbons (Fsp3) is 0.400. The number of benzene rings is 1. The predicted octanol–water partition coefficient (Wildman–Crippen LogP) is 1.10. The fourth-order valence-electron chi connectivity index (χ4n) is 2.94. The average Bonchev–Trinajstić information content (AvgIpc) is 2.98. The molecule has 3 amide bonds. The molecule has 130 valence electrons. The summed E-state index contributed by atoms with van der Waals surface area (Å²) in [4.78, 5) is 37.6. The van der Waals surface area contributed by atoms with Gasteiger partial charge < -0.3 is 21.5 Å². The molecule has 9 heteroatoms. The summed E-state index contributed by atoms with van der Waals surface area (Å²) in [5, 5.41) is 0. The molecule has 2 aliphatic rings. The Bertz CT molecular complexity index is 722. The molecule has 24 heavy (non-hydrogen) atoms. The molecule has 0 radical (unpaired) electrons. The molecule has 1 saturated heterocycles. The lowest BCUT2D eigenvalue weighted by Crippen LogP contribution is -2.34. The molecular formula is C15H19FN4O4. The highest BCUT2D eigenvalue weighted by atomic mass is 19.1. The van der Waals surface area contributed by atoms with E-state index in [0.29, 0.717) is 5.56 Å². The van der Waals surface area contributed by atoms with Crippen molar-refractivity contribution in [3.05, 3.63) is 23.5 Å². The van der Waals surface area contributed by atoms with Crippen molar-refractivity contribution in [2.45, 2.75) is 32.4 Å². The van der Waals surface area contributed by atoms with Gasteiger partial charge in [-0.3, -0.25) is 14.5 Å². The molecule has 2 aliphatic heterocycles. The number of carbonyl (C=O) groups excluding carboxylic acids is 3. The third kappa shape index (κ3) is 2.67. The molecule has 0 unspecified atom stereocenters. The van der Waals surface area contributed by atoms with Crippen molar-refractivity contribution in [1.29, 1.82) is 0 Å². The van der Waals surface area contributed by atoms with Crippen LogP contribution in [0.15, 0.2) is 12.1 Å². The molecular weight excluding hydrogens is 319 g/mol. The normalized spacial score (nSPS) is 19.4. The third-order valence-electron chi connectivity index (χ3n) is 3.94. The Morgan fingerprint density at radius 3 is 2.58 bits per heavy atom. The molecule has 5 N–H and O–H groups in total. The second-order valence-corrected chi connectivity index (χ2v) is 5.85. The maximum Gasteiger partial charge on any atom is 0.415 e. The van der Waals surface area contributed by atoms with E-state index in [1.54, 1.807) is 19.9 Å². The summed E-state index contributed by atoms with van der Waals surface area (Å²) in [7, 11) is 0. The Labute approximate surface area is 137 Å². The minimum absolute atomic E-state index is 0. The molecule has 0 aromatic heterocycles. The summed E-state index contributed by atoms with van der Waals surface area (Å²) in [5.74, 6) is -1.54. The number of nitrogens with two attached hydrogens (primary N) is 1. The minimum atomic E-state index is -1.06. The van der Waals surface area contributed by atoms with Crippen LogP contribution < -0.4 is 21.7 Å². The minimum Gasteiger partial charge on any atom is -0.434 e. The maximum absolute atomic E-state index is 14.5. The number of hydrogen-bond acceptors (Lipinski definition) is 5. The zero-order valence-electron chi connectivity index (χ0n) is 13.4. The van der Waals surface area contributed by atoms with E-state index in [0.717, 1.165) is 11.0 Å². The van der Waals surface area contributed by atoms with Crippen LogP contribution in [0.25, 0.3) is 0 Å². The van der Waals surface area contributed by atoms with Gasteiger partial charge in [-0.05, 0) is 31.5 Å². The highest BCUT2D eigenvalue weighted by Crippen LogP contribution is 2.37. The second-order valence-electron chi connectivity index (χ2n) is 5.85. The van der Waals surface area contributed by atoms with Gasteiger partial charge in [-0.15, -0.1) is 0 Å². The zero-order valence-corrected chi connectivity index (χ0v) is 13.4. The van der Waals surface area contributed by atoms with E-state index >= 15 is 0 Å². The van der Waals surface area contributed by atoms with Crippen LogP contribution in [0.4, 0.5) is 20.6 Å². The van der Waals surface area contributed by atoms with Crippen LogP contribution in [0.1, 0.15) is 19.4 Å². The van der Waals surface area contributed by atoms with Crippen LogP contribution in [-0.2, 0) is 20.7 Å². The van der Waals surface area contributed by atoms with Crippen molar-refractivity contribution >= 4 is 29.3 Å². The van der Waals surface area contributed by atoms with E-state index in [1.165, 1.54) is 4.90 Å². The molecule has 1 aromatic rings. The van der Waals surface area contributed by atoms with Gasteiger partial charge in [0, 0.05) is 6.04 Å². The third-order valence-corrected chi connectivity index (χ3v) is 3.94. The van der Waals surface area contributed by atoms with Crippen LogP contribution in [0.2, 0.25) is 0 Å². The molecule has 3 rings (SSSR count). The number of ether oxygens (including phenoxy) is 1. The van der Waals surface area contributed by atoms with E-state index in [2.05, 4.69) is 0 Å². The van der Waals surface area contributed by atoms with E-state index in [4.69, 9.17) is 10.5 Å². The van der Waals surface area contributed by atoms with Gasteiger partial charge in [0.05, 0.1) is 24.3 Å². The number of fused-ring (bicyclic) bond motifs is 1. The van der Waals surface area contributed by atoms with Gasteiger partial charge in [-0.2, -0.15) is 0 Å². The lowest BCUT2D eigenvalue weighted by molar-refractivity contribution is -0.124. The average molecular weight is 338 g/mol. The first kappa shape index (κ1) is 17.7. The number of carbonyl (C=O) groups is 3. The largest absolute Gasteiger partial charge is 0.434 e. The Morgan fingerprint density at radius 2 is 2.04 bits per heavy atom. The molecule has 1 fully saturated rings. The topological polar surface area (TPSA) is 128 Å². The molecule has 0 saturated carbocycles. The van der Waals surface area contributed by atoms with Gasteiger partial charge in [0.15, 0.2) is 6.10 Å². The molecule has 8 nitrogen and oxygen atoms in total. The summed E-state index contributed by atoms with van der Waals surface area (Å²) in [6.07, 6.45) is -1.76. The lowest BCUT2D eigenvalue weighted by Gasteiger charge is -2.23. The Kier molecular flexibility index (Phi) is 4.48. The van der Waals surface area contributed by atoms with Crippen LogP contribution in [0.3, 0.4) is 0 Å². The number of anilines is 2. The SMILES string of the molecule is CC(C)N1C(=O)Cc2cc(N3C[C@H](C(N)=O)OC3=O)cc(F)c21.N. The van der Waals surface area contributed by atoms with E-state index < -0.39 is 23.9 Å². The van der Waals surface area contributed by atoms with Crippen LogP contribution >= 0.6 is 0 Å². The van der Waals surface area contributed by atoms with Crippen molar-refractivity contribution in [2.75, 3.05) is 16.3 Å². The Morgan fingerprint density at radius 1 is 1.38 bits per heavy atom. The van der Waals surface area contributed by atoms with Crippen LogP contribution in [0, 0.1) is 5.82 Å². The Hall–Kier alpha value is -2.68. The van der Waals surface area contributed by atoms with Crippen molar-refractivity contribution in [2.24, 2.45) is 5.73 Å². The quantitative estimate of drug-likeness (QED) is 0.852. The van der Waals surface area contributed by atoms with E-state index in [9.17, 15) is 18.8 Å². The maximum atomic E-state index is 14.5. The summed E-state index contributed by atoms with van der Waals surface area (Å²) in [6, 6.07) is 2.57. The first-order valence-corrected chi connectivity index (χ1v) is 7.21. The molecule has 0 spiro atoms. The van der Waals surface area contributed by atoms with Crippen molar-refractivity contribution in [3.63, 3.8) is 0 Å². The number of nitrogens with zero attached hydrogens (tertiary/aromatic N) is 2. The summed E-state index contributed by atoms with van der Waals surface area (Å²) < 4.78 is 19.3. The molecule has 1 aromatic carbocycles. The number of primary amides is 1. The highest BCUT2D eigenvalue weighted by molar-refractivity contribution is 6.03. The smallest absolute Gasteiger partial charge is 0.415 e. The number of cyclic esters (lactones) is 1. The predicted molar refractivity (Wildman–Crippen MR) is 84.6 cm³/mol. The zero-order chi connectivity index (χ0) is 16.9. The Balaban J connectivity index is 0.00000208. The molecule has 0 aliphatic carbocycles. The van der Waals surface area contributed by atoms with E-state index in [1.807, 2.05) is 0 Å². The van der Waals surface area contributed by atoms with Gasteiger partial charge >= 0.3 is 6.09 Å². The van der Waals surface area contributed by atoms with Crippen molar-refractivity contribution in [3.8, 4) is 0 Å². The van der Waals surface area contributed by atoms with Crippen LogP contribution in [0.5, 0.6) is 0 Å². The highest BCUT2D eigenvalue weighted by Gasteiger charge is 2.38. The number of hydrogen-bond donors (Lipinski definition) is 2. The summed E-state index contributed by atoms with van der Waals surface area (Å²) >= 11 is 0. The fourth-order valence-corrected chi connectivity index (χ4v) is 2.94. The number of rotatable bonds is 3. The van der Waals surface area contributed by atoms with Crippen molar-refractivity contribution < 1.29 is 23.5 Å². The molecule has 1 atom stereocenters. The first-order chi connectivity index (χ1) is 10.8. The molecule has 0 bridgehead atoms. The summed E-state index contributed by atoms with van der Waals surface area (Å²) in [5.41, 5.74) is 6.12. The monoisotopic (exact) mass is 338 g/mol. The van der Waals surface area contributed by atoms with E-state index in [-0.39, 0.29) is 42.4 Å². The van der Waals surface area contributed by atoms with Gasteiger partial charge in [0.2, 0.25) is 5.91 Å².